The van der Waals surface area contributed by atoms with Gasteiger partial charge in [-0.3, -0.25) is 9.78 Å². The first kappa shape index (κ1) is 12.7. The minimum Gasteiger partial charge on any atom is -0.366 e. The number of hydrogen-bond acceptors (Lipinski definition) is 2. The zero-order chi connectivity index (χ0) is 14.3. The second-order valence-electron chi connectivity index (χ2n) is 4.59. The van der Waals surface area contributed by atoms with Gasteiger partial charge in [-0.15, -0.1) is 0 Å². The van der Waals surface area contributed by atoms with Crippen LogP contribution in [0.4, 0.5) is 0 Å². The highest BCUT2D eigenvalue weighted by Crippen LogP contribution is 2.32. The molecule has 0 atom stereocenters. The SMILES string of the molecule is Cc1ncc(Cl)c(C(N)=O)c1-c1ccc2[nH]ccc2c1. The van der Waals surface area contributed by atoms with E-state index in [4.69, 9.17) is 17.3 Å². The maximum Gasteiger partial charge on any atom is 0.250 e. The number of hydrogen-bond donors (Lipinski definition) is 2. The molecular formula is C15H12ClN3O. The molecule has 20 heavy (non-hydrogen) atoms. The molecule has 3 aromatic rings. The fourth-order valence-corrected chi connectivity index (χ4v) is 2.62. The number of nitrogens with zero attached hydrogens (tertiary/aromatic N) is 1. The Labute approximate surface area is 120 Å². The van der Waals surface area contributed by atoms with Crippen molar-refractivity contribution in [1.29, 1.82) is 0 Å². The van der Waals surface area contributed by atoms with E-state index in [-0.39, 0.29) is 5.02 Å². The number of pyridine rings is 1. The quantitative estimate of drug-likeness (QED) is 0.758. The molecule has 0 aliphatic carbocycles. The third-order valence-electron chi connectivity index (χ3n) is 3.31. The molecule has 0 bridgehead atoms. The molecule has 0 aliphatic heterocycles. The van der Waals surface area contributed by atoms with E-state index in [0.717, 1.165) is 22.2 Å². The van der Waals surface area contributed by atoms with Crippen LogP contribution in [-0.4, -0.2) is 15.9 Å². The Balaban J connectivity index is 2.32. The number of primary amides is 1. The lowest BCUT2D eigenvalue weighted by Gasteiger charge is -2.11. The molecule has 4 nitrogen and oxygen atoms in total. The lowest BCUT2D eigenvalue weighted by Crippen LogP contribution is -2.14. The fraction of sp³-hybridized carbons (Fsp3) is 0.0667. The Hall–Kier alpha value is -2.33. The van der Waals surface area contributed by atoms with Crippen LogP contribution in [0.15, 0.2) is 36.7 Å². The van der Waals surface area contributed by atoms with Crippen LogP contribution < -0.4 is 5.73 Å². The number of aryl methyl sites for hydroxylation is 1. The van der Waals surface area contributed by atoms with Crippen molar-refractivity contribution in [1.82, 2.24) is 9.97 Å². The number of carbonyl (C=O) groups excluding carboxylic acids is 1. The summed E-state index contributed by atoms with van der Waals surface area (Å²) in [6.45, 7) is 1.83. The third kappa shape index (κ3) is 1.94. The first-order chi connectivity index (χ1) is 9.58. The number of halogens is 1. The Morgan fingerprint density at radius 3 is 2.90 bits per heavy atom. The largest absolute Gasteiger partial charge is 0.366 e. The maximum absolute atomic E-state index is 11.7. The van der Waals surface area contributed by atoms with E-state index < -0.39 is 5.91 Å². The van der Waals surface area contributed by atoms with Crippen molar-refractivity contribution in [2.24, 2.45) is 5.73 Å². The standard InChI is InChI=1S/C15H12ClN3O/c1-8-13(14(15(17)20)11(16)7-19-8)10-2-3-12-9(6-10)4-5-18-12/h2-7,18H,1H3,(H2,17,20). The molecule has 3 rings (SSSR count). The van der Waals surface area contributed by atoms with Crippen LogP contribution in [0.2, 0.25) is 5.02 Å². The summed E-state index contributed by atoms with van der Waals surface area (Å²) < 4.78 is 0. The molecule has 2 heterocycles. The molecule has 2 aromatic heterocycles. The first-order valence-corrected chi connectivity index (χ1v) is 6.48. The highest BCUT2D eigenvalue weighted by atomic mass is 35.5. The first-order valence-electron chi connectivity index (χ1n) is 6.10. The summed E-state index contributed by atoms with van der Waals surface area (Å²) in [4.78, 5) is 19.0. The summed E-state index contributed by atoms with van der Waals surface area (Å²) in [7, 11) is 0. The summed E-state index contributed by atoms with van der Waals surface area (Å²) in [5.41, 5.74) is 9.08. The van der Waals surface area contributed by atoms with Crippen LogP contribution in [0.25, 0.3) is 22.0 Å². The van der Waals surface area contributed by atoms with E-state index in [2.05, 4.69) is 9.97 Å². The molecular weight excluding hydrogens is 274 g/mol. The van der Waals surface area contributed by atoms with Crippen LogP contribution in [0.5, 0.6) is 0 Å². The van der Waals surface area contributed by atoms with E-state index in [1.165, 1.54) is 6.20 Å². The molecule has 0 fully saturated rings. The van der Waals surface area contributed by atoms with E-state index >= 15 is 0 Å². The molecule has 0 aliphatic rings. The summed E-state index contributed by atoms with van der Waals surface area (Å²) in [6, 6.07) is 7.83. The normalized spacial score (nSPS) is 10.9. The molecule has 0 saturated heterocycles. The Bertz CT molecular complexity index is 823. The predicted molar refractivity (Wildman–Crippen MR) is 79.8 cm³/mol. The number of nitrogens with two attached hydrogens (primary N) is 1. The predicted octanol–water partition coefficient (Wildman–Crippen LogP) is 3.29. The average molecular weight is 286 g/mol. The zero-order valence-corrected chi connectivity index (χ0v) is 11.5. The van der Waals surface area contributed by atoms with Gasteiger partial charge in [0.05, 0.1) is 10.6 Å². The van der Waals surface area contributed by atoms with Gasteiger partial charge in [0.2, 0.25) is 0 Å². The van der Waals surface area contributed by atoms with Crippen LogP contribution in [0.1, 0.15) is 16.1 Å². The minimum atomic E-state index is -0.551. The molecule has 3 N–H and O–H groups in total. The summed E-state index contributed by atoms with van der Waals surface area (Å²) in [6.07, 6.45) is 3.32. The number of nitrogens with one attached hydrogen (secondary N) is 1. The van der Waals surface area contributed by atoms with Crippen LogP contribution in [0, 0.1) is 6.92 Å². The van der Waals surface area contributed by atoms with Crippen molar-refractivity contribution >= 4 is 28.4 Å². The van der Waals surface area contributed by atoms with Crippen LogP contribution in [-0.2, 0) is 0 Å². The molecule has 0 radical (unpaired) electrons. The van der Waals surface area contributed by atoms with Gasteiger partial charge in [-0.25, -0.2) is 0 Å². The van der Waals surface area contributed by atoms with E-state index in [1.54, 1.807) is 0 Å². The van der Waals surface area contributed by atoms with Gasteiger partial charge in [0, 0.05) is 29.2 Å². The van der Waals surface area contributed by atoms with Gasteiger partial charge < -0.3 is 10.7 Å². The van der Waals surface area contributed by atoms with E-state index in [1.807, 2.05) is 37.4 Å². The van der Waals surface area contributed by atoms with Gasteiger partial charge >= 0.3 is 0 Å². The van der Waals surface area contributed by atoms with E-state index in [0.29, 0.717) is 11.1 Å². The van der Waals surface area contributed by atoms with Crippen molar-refractivity contribution in [2.75, 3.05) is 0 Å². The number of aromatic nitrogens is 2. The smallest absolute Gasteiger partial charge is 0.250 e. The van der Waals surface area contributed by atoms with Gasteiger partial charge in [-0.2, -0.15) is 0 Å². The molecule has 0 spiro atoms. The van der Waals surface area contributed by atoms with Gasteiger partial charge in [-0.05, 0) is 36.1 Å². The number of carbonyl (C=O) groups is 1. The van der Waals surface area contributed by atoms with Gasteiger partial charge in [0.1, 0.15) is 0 Å². The molecule has 1 aromatic carbocycles. The monoisotopic (exact) mass is 285 g/mol. The molecule has 1 amide bonds. The summed E-state index contributed by atoms with van der Waals surface area (Å²) >= 11 is 6.07. The molecule has 0 saturated carbocycles. The van der Waals surface area contributed by atoms with Crippen molar-refractivity contribution in [3.63, 3.8) is 0 Å². The topological polar surface area (TPSA) is 71.8 Å². The number of benzene rings is 1. The van der Waals surface area contributed by atoms with Crippen molar-refractivity contribution in [3.8, 4) is 11.1 Å². The maximum atomic E-state index is 11.7. The summed E-state index contributed by atoms with van der Waals surface area (Å²) in [5, 5.41) is 1.32. The van der Waals surface area contributed by atoms with Crippen LogP contribution in [0.3, 0.4) is 0 Å². The van der Waals surface area contributed by atoms with E-state index in [9.17, 15) is 4.79 Å². The molecule has 5 heteroatoms. The number of fused-ring (bicyclic) bond motifs is 1. The fourth-order valence-electron chi connectivity index (χ4n) is 2.39. The Morgan fingerprint density at radius 2 is 2.15 bits per heavy atom. The Morgan fingerprint density at radius 1 is 1.35 bits per heavy atom. The number of aromatic amines is 1. The highest BCUT2D eigenvalue weighted by molar-refractivity contribution is 6.34. The van der Waals surface area contributed by atoms with Gasteiger partial charge in [0.25, 0.3) is 5.91 Å². The minimum absolute atomic E-state index is 0.271. The Kier molecular flexibility index (Phi) is 2.95. The number of rotatable bonds is 2. The number of amides is 1. The number of H-pyrrole nitrogens is 1. The highest BCUT2D eigenvalue weighted by Gasteiger charge is 2.18. The zero-order valence-electron chi connectivity index (χ0n) is 10.8. The van der Waals surface area contributed by atoms with Gasteiger partial charge in [-0.1, -0.05) is 17.7 Å². The molecule has 100 valence electrons. The lowest BCUT2D eigenvalue weighted by molar-refractivity contribution is 0.100. The lowest BCUT2D eigenvalue weighted by atomic mass is 9.97. The second-order valence-corrected chi connectivity index (χ2v) is 4.99. The second kappa shape index (κ2) is 4.65. The third-order valence-corrected chi connectivity index (χ3v) is 3.60. The van der Waals surface area contributed by atoms with Gasteiger partial charge in [0.15, 0.2) is 0 Å². The van der Waals surface area contributed by atoms with Crippen LogP contribution >= 0.6 is 11.6 Å². The average Bonchev–Trinajstić information content (AvgIpc) is 2.87. The van der Waals surface area contributed by atoms with Crippen molar-refractivity contribution < 1.29 is 4.79 Å². The molecule has 0 unspecified atom stereocenters. The van der Waals surface area contributed by atoms with Crippen molar-refractivity contribution in [3.05, 3.63) is 52.9 Å². The van der Waals surface area contributed by atoms with Crippen molar-refractivity contribution in [2.45, 2.75) is 6.92 Å². The summed E-state index contributed by atoms with van der Waals surface area (Å²) in [5.74, 6) is -0.551.